The number of aromatic nitrogens is 4. The van der Waals surface area contributed by atoms with Crippen LogP contribution in [0.5, 0.6) is 0 Å². The van der Waals surface area contributed by atoms with Crippen LogP contribution in [-0.2, 0) is 114 Å². The lowest BCUT2D eigenvalue weighted by Crippen LogP contribution is -2.60. The standard InChI is InChI=1S/C93H124N22O18S/c1-8-9-31-75-87(128)105-67(30-20-33-99-93(96)97)84(125)111-74(83(124)102-47-79(95)120)50-134-51-80(121)104-71(37-56-24-14-11-15-25-56)91(132)113(6)54(4)81(122)108-72(43-78(94)119)92(133)115-34-21-32-76(115)88(129)107-69(42-61-46-98-52-103-61)85(126)109-70(35-53(2)3)90(131)112(5)48-62(117)39-57(38-59-44-100-65-28-18-16-26-63(59)65)82(123)110-73(49-116)86(127)106-68(40-60-45-101-66-29-19-17-27-64(60)66)77(118)41-58(89(130)114(75)7)36-55-22-12-10-13-23-55/h10-19,22-29,44-46,52-54,57-58,67-76,100-101,116H,8-9,20-21,30-43,47-51H2,1-7H3,(H2,94,119)(H2,95,120)(H,98,103)(H,102,124)(H,104,121)(H,105,128)(H,106,127)(H,107,129)(H,108,122)(H,109,126)(H,110,123)(H,111,125)(H4,96,97,99)/t54-,57+,58+,67-,68-,69-,70-,71-,72-,73-,74-,75-,76-/m0/s1. The van der Waals surface area contributed by atoms with Crippen molar-refractivity contribution >= 4 is 140 Å². The first-order valence-electron chi connectivity index (χ1n) is 44.8. The van der Waals surface area contributed by atoms with Gasteiger partial charge in [0.15, 0.2) is 17.5 Å². The summed E-state index contributed by atoms with van der Waals surface area (Å²) >= 11 is 0.796. The molecule has 40 nitrogen and oxygen atoms in total. The van der Waals surface area contributed by atoms with Crippen molar-refractivity contribution < 1.29 is 86.6 Å². The maximum atomic E-state index is 15.7. The highest BCUT2D eigenvalue weighted by Gasteiger charge is 2.44. The molecule has 0 unspecified atom stereocenters. The number of unbranched alkanes of at least 4 members (excludes halogenated alkanes) is 1. The molecule has 0 spiro atoms. The number of carbonyl (C=O) groups is 17. The van der Waals surface area contributed by atoms with Gasteiger partial charge in [0.2, 0.25) is 88.6 Å². The number of Topliss-reactive ketones (excluding diaryl/α,β-unsaturated/α-hetero) is 2. The number of rotatable bonds is 25. The maximum Gasteiger partial charge on any atom is 0.246 e. The highest BCUT2D eigenvalue weighted by Crippen LogP contribution is 2.28. The van der Waals surface area contributed by atoms with Crippen molar-refractivity contribution in [2.45, 2.75) is 197 Å². The molecule has 0 radical (unpaired) electrons. The van der Waals surface area contributed by atoms with E-state index in [2.05, 4.69) is 73.1 Å². The van der Waals surface area contributed by atoms with Crippen molar-refractivity contribution in [3.05, 3.63) is 162 Å². The Morgan fingerprint density at radius 2 is 1.15 bits per heavy atom. The first-order valence-corrected chi connectivity index (χ1v) is 46.0. The fraction of sp³-hybridized carbons (Fsp3) is 0.473. The van der Waals surface area contributed by atoms with Gasteiger partial charge in [-0.25, -0.2) is 4.98 Å². The molecule has 15 amide bonds. The van der Waals surface area contributed by atoms with Crippen molar-refractivity contribution in [2.75, 3.05) is 65.4 Å². The molecule has 2 aliphatic rings. The number of amides is 15. The summed E-state index contributed by atoms with van der Waals surface area (Å²) in [5, 5.41) is 47.0. The molecule has 720 valence electrons. The van der Waals surface area contributed by atoms with Crippen LogP contribution >= 0.6 is 11.8 Å². The number of aromatic amines is 3. The minimum Gasteiger partial charge on any atom is -0.394 e. The van der Waals surface area contributed by atoms with Crippen LogP contribution in [0.4, 0.5) is 0 Å². The highest BCUT2D eigenvalue weighted by molar-refractivity contribution is 8.00. The van der Waals surface area contributed by atoms with E-state index in [1.165, 1.54) is 45.5 Å². The summed E-state index contributed by atoms with van der Waals surface area (Å²) in [6.07, 6.45) is 4.13. The number of aliphatic hydroxyl groups excluding tert-OH is 1. The smallest absolute Gasteiger partial charge is 0.246 e. The Morgan fingerprint density at radius 3 is 1.76 bits per heavy atom. The number of guanidine groups is 1. The predicted molar refractivity (Wildman–Crippen MR) is 498 cm³/mol. The van der Waals surface area contributed by atoms with Crippen LogP contribution in [0.25, 0.3) is 21.8 Å². The van der Waals surface area contributed by atoms with E-state index in [-0.39, 0.29) is 89.6 Å². The van der Waals surface area contributed by atoms with Crippen LogP contribution in [-0.4, -0.2) is 283 Å². The number of hydrogen-bond donors (Lipinski definition) is 18. The lowest BCUT2D eigenvalue weighted by molar-refractivity contribution is -0.145. The first kappa shape index (κ1) is 104. The minimum absolute atomic E-state index is 0.000296. The molecule has 5 heterocycles. The molecule has 0 aliphatic carbocycles. The Kier molecular flexibility index (Phi) is 39.3. The van der Waals surface area contributed by atoms with E-state index in [0.29, 0.717) is 62.6 Å². The van der Waals surface area contributed by atoms with Crippen molar-refractivity contribution in [1.82, 2.24) is 92.7 Å². The predicted octanol–water partition coefficient (Wildman–Crippen LogP) is -0.246. The average molecular weight is 1870 g/mol. The number of H-pyrrole nitrogens is 3. The minimum atomic E-state index is -1.81. The van der Waals surface area contributed by atoms with Crippen molar-refractivity contribution in [3.63, 3.8) is 0 Å². The Labute approximate surface area is 779 Å². The number of thioether (sulfide) groups is 1. The van der Waals surface area contributed by atoms with Gasteiger partial charge >= 0.3 is 0 Å². The molecule has 4 aromatic carbocycles. The number of hydrogen-bond acceptors (Lipinski definition) is 21. The normalized spacial score (nSPS) is 23.3. The number of nitrogens with two attached hydrogens (primary N) is 3. The lowest BCUT2D eigenvalue weighted by atomic mass is 9.88. The molecule has 13 atom stereocenters. The lowest BCUT2D eigenvalue weighted by Gasteiger charge is -2.32. The van der Waals surface area contributed by atoms with Crippen LogP contribution < -0.4 is 70.4 Å². The fourth-order valence-electron chi connectivity index (χ4n) is 16.4. The third-order valence-electron chi connectivity index (χ3n) is 23.7. The fourth-order valence-corrected chi connectivity index (χ4v) is 17.3. The molecule has 2 saturated heterocycles. The number of fused-ring (bicyclic) bond motifs is 3. The molecular weight excluding hydrogens is 1750 g/mol. The number of para-hydroxylation sites is 2. The molecule has 2 aliphatic heterocycles. The van der Waals surface area contributed by atoms with E-state index in [0.717, 1.165) is 26.5 Å². The number of carbonyl (C=O) groups excluding carboxylic acids is 17. The number of likely N-dealkylation sites (N-methyl/N-ethyl adjacent to an activating group) is 3. The van der Waals surface area contributed by atoms with Gasteiger partial charge in [-0.15, -0.1) is 11.8 Å². The second kappa shape index (κ2) is 50.7. The van der Waals surface area contributed by atoms with Gasteiger partial charge < -0.3 is 110 Å². The summed E-state index contributed by atoms with van der Waals surface area (Å²) in [7, 11) is 3.95. The molecular formula is C93H124N22O18S. The SMILES string of the molecule is CCCC[C@H]1C(=O)N[C@@H](CCCNC(=N)N)C(=O)N[C@H](C(=O)NCC(N)=O)CSCC(=O)N[C@@H](Cc2ccccc2)C(=O)N(C)[C@@H](C)C(=O)N[C@@H](CC(N)=O)C(=O)N2CCC[C@H]2C(=O)N[C@@H](Cc2cnc[nH]2)C(=O)N[C@@H](CC(C)C)C(=O)N(C)CC(=O)C[C@@H](Cc2c[nH]c3ccccc23)C(=O)N[C@@H](CO)C(=O)N[C@@H](Cc2c[nH]c3ccccc23)C(=O)C[C@@H](Cc2ccccc2)C(=O)N1C. The first-order chi connectivity index (χ1) is 64.0. The third-order valence-corrected chi connectivity index (χ3v) is 24.7. The van der Waals surface area contributed by atoms with Gasteiger partial charge in [-0.05, 0) is 98.6 Å². The Bertz CT molecular complexity index is 5300. The number of ketones is 2. The molecule has 21 N–H and O–H groups in total. The Balaban J connectivity index is 1.09. The van der Waals surface area contributed by atoms with Crippen LogP contribution in [0.3, 0.4) is 0 Å². The van der Waals surface area contributed by atoms with Gasteiger partial charge in [0.25, 0.3) is 0 Å². The van der Waals surface area contributed by atoms with Gasteiger partial charge in [0.1, 0.15) is 60.4 Å². The Hall–Kier alpha value is -13.9. The van der Waals surface area contributed by atoms with E-state index in [4.69, 9.17) is 22.6 Å². The highest BCUT2D eigenvalue weighted by atomic mass is 32.2. The molecule has 134 heavy (non-hydrogen) atoms. The van der Waals surface area contributed by atoms with E-state index in [1.807, 2.05) is 6.92 Å². The summed E-state index contributed by atoms with van der Waals surface area (Å²) in [5.41, 5.74) is 20.8. The van der Waals surface area contributed by atoms with E-state index in [9.17, 15) is 62.6 Å². The van der Waals surface area contributed by atoms with Crippen molar-refractivity contribution in [1.29, 1.82) is 5.41 Å². The van der Waals surface area contributed by atoms with Crippen molar-refractivity contribution in [2.24, 2.45) is 35.0 Å². The number of imidazole rings is 1. The topological polar surface area (TPSA) is 606 Å². The van der Waals surface area contributed by atoms with E-state index < -0.39 is 235 Å². The van der Waals surface area contributed by atoms with Crippen LogP contribution in [0.1, 0.15) is 126 Å². The van der Waals surface area contributed by atoms with Gasteiger partial charge in [0, 0.05) is 130 Å². The number of nitrogens with zero attached hydrogens (tertiary/aromatic N) is 5. The second-order valence-electron chi connectivity index (χ2n) is 34.4. The van der Waals surface area contributed by atoms with Gasteiger partial charge in [-0.2, -0.15) is 0 Å². The van der Waals surface area contributed by atoms with E-state index in [1.54, 1.807) is 135 Å². The summed E-state index contributed by atoms with van der Waals surface area (Å²) < 4.78 is 0. The number of aliphatic hydroxyl groups is 1. The summed E-state index contributed by atoms with van der Waals surface area (Å²) in [5.74, 6) is -19.1. The van der Waals surface area contributed by atoms with Crippen LogP contribution in [0, 0.1) is 23.2 Å². The van der Waals surface area contributed by atoms with Crippen molar-refractivity contribution in [3.8, 4) is 0 Å². The zero-order valence-corrected chi connectivity index (χ0v) is 77.1. The molecule has 9 rings (SSSR count). The number of primary amides is 2. The third kappa shape index (κ3) is 30.3. The Morgan fingerprint density at radius 1 is 0.560 bits per heavy atom. The quantitative estimate of drug-likeness (QED) is 0.0199. The molecule has 0 saturated carbocycles. The monoisotopic (exact) mass is 1870 g/mol. The van der Waals surface area contributed by atoms with Crippen LogP contribution in [0.2, 0.25) is 0 Å². The van der Waals surface area contributed by atoms with Gasteiger partial charge in [-0.3, -0.25) is 86.9 Å². The van der Waals surface area contributed by atoms with Gasteiger partial charge in [-0.1, -0.05) is 131 Å². The zero-order valence-electron chi connectivity index (χ0n) is 76.3. The average Bonchev–Trinajstić information content (AvgIpc) is 1.57. The summed E-state index contributed by atoms with van der Waals surface area (Å²) in [6, 6.07) is 14.8. The zero-order chi connectivity index (χ0) is 97.4. The second-order valence-corrected chi connectivity index (χ2v) is 35.5. The number of benzene rings is 4. The largest absolute Gasteiger partial charge is 0.394 e. The summed E-state index contributed by atoms with van der Waals surface area (Å²) in [4.78, 5) is 267. The molecule has 3 aromatic heterocycles. The van der Waals surface area contributed by atoms with Gasteiger partial charge in [0.05, 0.1) is 44.2 Å². The number of nitrogens with one attached hydrogen (secondary N) is 14. The molecule has 0 bridgehead atoms. The summed E-state index contributed by atoms with van der Waals surface area (Å²) in [6.45, 7) is 4.25. The molecule has 7 aromatic rings. The molecule has 41 heteroatoms. The molecule has 2 fully saturated rings. The van der Waals surface area contributed by atoms with E-state index >= 15 is 24.0 Å². The van der Waals surface area contributed by atoms with Crippen LogP contribution in [0.15, 0.2) is 134 Å². The maximum absolute atomic E-state index is 15.7.